The first-order valence-electron chi connectivity index (χ1n) is 8.18. The van der Waals surface area contributed by atoms with E-state index in [1.54, 1.807) is 21.3 Å². The highest BCUT2D eigenvalue weighted by Crippen LogP contribution is 2.38. The molecule has 5 nitrogen and oxygen atoms in total. The van der Waals surface area contributed by atoms with Crippen LogP contribution < -0.4 is 4.74 Å². The van der Waals surface area contributed by atoms with Gasteiger partial charge in [0.05, 0.1) is 20.8 Å². The van der Waals surface area contributed by atoms with Crippen LogP contribution in [0.1, 0.15) is 24.4 Å². The van der Waals surface area contributed by atoms with E-state index < -0.39 is 0 Å². The zero-order chi connectivity index (χ0) is 16.2. The van der Waals surface area contributed by atoms with Gasteiger partial charge >= 0.3 is 0 Å². The Hall–Kier alpha value is -1.56. The highest BCUT2D eigenvalue weighted by atomic mass is 16.5. The molecule has 23 heavy (non-hydrogen) atoms. The van der Waals surface area contributed by atoms with E-state index in [0.29, 0.717) is 6.04 Å². The number of benzene rings is 1. The van der Waals surface area contributed by atoms with Gasteiger partial charge in [-0.15, -0.1) is 0 Å². The van der Waals surface area contributed by atoms with E-state index in [-0.39, 0.29) is 6.04 Å². The predicted molar refractivity (Wildman–Crippen MR) is 89.1 cm³/mol. The third-order valence-electron chi connectivity index (χ3n) is 4.75. The highest BCUT2D eigenvalue weighted by molar-refractivity contribution is 5.34. The zero-order valence-corrected chi connectivity index (χ0v) is 14.2. The third kappa shape index (κ3) is 3.22. The molecule has 0 aliphatic carbocycles. The minimum absolute atomic E-state index is 0.128. The topological polar surface area (TPSA) is 34.2 Å². The van der Waals surface area contributed by atoms with E-state index in [2.05, 4.69) is 28.2 Å². The van der Waals surface area contributed by atoms with Crippen molar-refractivity contribution >= 4 is 0 Å². The first-order valence-corrected chi connectivity index (χ1v) is 8.18. The number of hydrazine groups is 1. The van der Waals surface area contributed by atoms with Gasteiger partial charge in [-0.1, -0.05) is 12.1 Å². The number of nitrogens with zero attached hydrogens (tertiary/aromatic N) is 2. The fourth-order valence-corrected chi connectivity index (χ4v) is 3.64. The van der Waals surface area contributed by atoms with Crippen LogP contribution in [0.25, 0.3) is 0 Å². The lowest BCUT2D eigenvalue weighted by Crippen LogP contribution is -2.47. The molecule has 1 aromatic carbocycles. The van der Waals surface area contributed by atoms with Crippen LogP contribution in [0.3, 0.4) is 0 Å². The summed E-state index contributed by atoms with van der Waals surface area (Å²) in [5.41, 5.74) is 1.22. The molecule has 0 unspecified atom stereocenters. The van der Waals surface area contributed by atoms with Crippen LogP contribution in [-0.4, -0.2) is 57.1 Å². The standard InChI is InChI=1S/C18H26N2O3/c1-21-13-15-5-4-11-19(15)20-12-10-17(23-3)18(20)14-6-8-16(22-2)9-7-14/h6-10,15,18H,4-5,11-13H2,1-3H3/t15-,18-/m0/s1. The summed E-state index contributed by atoms with van der Waals surface area (Å²) in [4.78, 5) is 0. The van der Waals surface area contributed by atoms with Crippen molar-refractivity contribution in [3.8, 4) is 5.75 Å². The van der Waals surface area contributed by atoms with E-state index in [0.717, 1.165) is 31.2 Å². The van der Waals surface area contributed by atoms with Gasteiger partial charge in [-0.25, -0.2) is 10.0 Å². The largest absolute Gasteiger partial charge is 0.499 e. The number of methoxy groups -OCH3 is 3. The third-order valence-corrected chi connectivity index (χ3v) is 4.75. The summed E-state index contributed by atoms with van der Waals surface area (Å²) in [7, 11) is 5.22. The maximum atomic E-state index is 5.65. The predicted octanol–water partition coefficient (Wildman–Crippen LogP) is 2.61. The number of rotatable bonds is 6. The Morgan fingerprint density at radius 1 is 1.04 bits per heavy atom. The maximum Gasteiger partial charge on any atom is 0.118 e. The van der Waals surface area contributed by atoms with Crippen molar-refractivity contribution in [2.24, 2.45) is 0 Å². The molecule has 0 aromatic heterocycles. The Balaban J connectivity index is 1.84. The van der Waals surface area contributed by atoms with Crippen LogP contribution in [0.2, 0.25) is 0 Å². The summed E-state index contributed by atoms with van der Waals surface area (Å²) >= 11 is 0. The van der Waals surface area contributed by atoms with Gasteiger partial charge in [-0.3, -0.25) is 0 Å². The molecule has 0 amide bonds. The molecule has 5 heteroatoms. The Kier molecular flexibility index (Phi) is 5.20. The summed E-state index contributed by atoms with van der Waals surface area (Å²) in [6.07, 6.45) is 4.57. The molecule has 0 saturated carbocycles. The molecule has 0 N–H and O–H groups in total. The second kappa shape index (κ2) is 7.34. The minimum Gasteiger partial charge on any atom is -0.499 e. The van der Waals surface area contributed by atoms with Gasteiger partial charge in [0.1, 0.15) is 17.6 Å². The SMILES string of the molecule is COC[C@@H]1CCCN1N1CC=C(OC)[C@@H]1c1ccc(OC)cc1. The van der Waals surface area contributed by atoms with Gasteiger partial charge in [0, 0.05) is 26.2 Å². The fourth-order valence-electron chi connectivity index (χ4n) is 3.64. The first-order chi connectivity index (χ1) is 11.3. The number of hydrogen-bond donors (Lipinski definition) is 0. The molecule has 3 rings (SSSR count). The smallest absolute Gasteiger partial charge is 0.118 e. The van der Waals surface area contributed by atoms with Gasteiger partial charge in [0.15, 0.2) is 0 Å². The van der Waals surface area contributed by atoms with E-state index in [9.17, 15) is 0 Å². The molecule has 1 fully saturated rings. The zero-order valence-electron chi connectivity index (χ0n) is 14.2. The Bertz CT molecular complexity index is 544. The van der Waals surface area contributed by atoms with E-state index in [1.165, 1.54) is 18.4 Å². The van der Waals surface area contributed by atoms with Crippen molar-refractivity contribution in [2.45, 2.75) is 24.9 Å². The number of ether oxygens (including phenoxy) is 3. The Labute approximate surface area is 138 Å². The minimum atomic E-state index is 0.128. The summed E-state index contributed by atoms with van der Waals surface area (Å²) in [5, 5.41) is 4.87. The molecule has 2 atom stereocenters. The summed E-state index contributed by atoms with van der Waals surface area (Å²) < 4.78 is 16.3. The van der Waals surface area contributed by atoms with Crippen LogP contribution >= 0.6 is 0 Å². The molecule has 1 saturated heterocycles. The monoisotopic (exact) mass is 318 g/mol. The molecule has 0 bridgehead atoms. The van der Waals surface area contributed by atoms with Crippen LogP contribution in [0.15, 0.2) is 36.1 Å². The second-order valence-electron chi connectivity index (χ2n) is 6.02. The van der Waals surface area contributed by atoms with Gasteiger partial charge in [-0.2, -0.15) is 0 Å². The van der Waals surface area contributed by atoms with Crippen molar-refractivity contribution in [1.29, 1.82) is 0 Å². The molecule has 2 aliphatic heterocycles. The Morgan fingerprint density at radius 3 is 2.48 bits per heavy atom. The van der Waals surface area contributed by atoms with E-state index >= 15 is 0 Å². The molecule has 1 aromatic rings. The molecule has 0 radical (unpaired) electrons. The van der Waals surface area contributed by atoms with Gasteiger partial charge in [0.25, 0.3) is 0 Å². The summed E-state index contributed by atoms with van der Waals surface area (Å²) in [6.45, 7) is 2.72. The lowest BCUT2D eigenvalue weighted by molar-refractivity contribution is -0.0692. The molecular formula is C18H26N2O3. The normalized spacial score (nSPS) is 25.6. The fraction of sp³-hybridized carbons (Fsp3) is 0.556. The van der Waals surface area contributed by atoms with Crippen LogP contribution in [0.4, 0.5) is 0 Å². The summed E-state index contributed by atoms with van der Waals surface area (Å²) in [6, 6.07) is 8.84. The van der Waals surface area contributed by atoms with Crippen molar-refractivity contribution < 1.29 is 14.2 Å². The van der Waals surface area contributed by atoms with Gasteiger partial charge in [0.2, 0.25) is 0 Å². The molecule has 2 heterocycles. The lowest BCUT2D eigenvalue weighted by atomic mass is 10.1. The molecular weight excluding hydrogens is 292 g/mol. The summed E-state index contributed by atoms with van der Waals surface area (Å²) in [5.74, 6) is 1.89. The number of hydrogen-bond acceptors (Lipinski definition) is 5. The van der Waals surface area contributed by atoms with Gasteiger partial charge < -0.3 is 14.2 Å². The van der Waals surface area contributed by atoms with Crippen molar-refractivity contribution in [2.75, 3.05) is 41.0 Å². The Morgan fingerprint density at radius 2 is 1.83 bits per heavy atom. The highest BCUT2D eigenvalue weighted by Gasteiger charge is 2.38. The first kappa shape index (κ1) is 16.3. The van der Waals surface area contributed by atoms with Crippen LogP contribution in [0.5, 0.6) is 5.75 Å². The molecule has 2 aliphatic rings. The second-order valence-corrected chi connectivity index (χ2v) is 6.02. The van der Waals surface area contributed by atoms with Crippen LogP contribution in [0, 0.1) is 0 Å². The van der Waals surface area contributed by atoms with E-state index in [4.69, 9.17) is 14.2 Å². The van der Waals surface area contributed by atoms with Crippen molar-refractivity contribution in [1.82, 2.24) is 10.0 Å². The van der Waals surface area contributed by atoms with Crippen molar-refractivity contribution in [3.05, 3.63) is 41.7 Å². The van der Waals surface area contributed by atoms with Crippen LogP contribution in [-0.2, 0) is 9.47 Å². The average molecular weight is 318 g/mol. The van der Waals surface area contributed by atoms with E-state index in [1.807, 2.05) is 12.1 Å². The molecule has 126 valence electrons. The average Bonchev–Trinajstić information content (AvgIpc) is 3.21. The quantitative estimate of drug-likeness (QED) is 0.805. The maximum absolute atomic E-state index is 5.65. The van der Waals surface area contributed by atoms with Gasteiger partial charge in [-0.05, 0) is 36.6 Å². The molecule has 0 spiro atoms. The lowest BCUT2D eigenvalue weighted by Gasteiger charge is -2.38. The van der Waals surface area contributed by atoms with Crippen molar-refractivity contribution in [3.63, 3.8) is 0 Å².